The third-order valence-electron chi connectivity index (χ3n) is 2.81. The highest BCUT2D eigenvalue weighted by atomic mass is 16.6. The van der Waals surface area contributed by atoms with Gasteiger partial charge in [-0.25, -0.2) is 9.97 Å². The van der Waals surface area contributed by atoms with Gasteiger partial charge in [-0.15, -0.1) is 0 Å². The maximum absolute atomic E-state index is 12.3. The lowest BCUT2D eigenvalue weighted by molar-refractivity contribution is -0.385. The molecule has 1 amide bonds. The Morgan fingerprint density at radius 2 is 2.10 bits per heavy atom. The molecule has 8 heteroatoms. The van der Waals surface area contributed by atoms with Crippen LogP contribution >= 0.6 is 0 Å². The molecule has 2 rings (SSSR count). The van der Waals surface area contributed by atoms with E-state index < -0.39 is 10.8 Å². The summed E-state index contributed by atoms with van der Waals surface area (Å²) < 4.78 is 0. The van der Waals surface area contributed by atoms with Crippen molar-refractivity contribution in [1.29, 1.82) is 0 Å². The van der Waals surface area contributed by atoms with E-state index in [9.17, 15) is 14.9 Å². The Morgan fingerprint density at radius 3 is 2.71 bits per heavy atom. The standard InChI is InChI=1S/C13H13N5O3/c1-8-4-3-5-15-11(8)17-13(19)10-6-9(18(20)21)7-16-12(10)14-2/h3-7H,1-2H3,(H,14,16)(H,15,17,19). The van der Waals surface area contributed by atoms with Crippen LogP contribution in [-0.2, 0) is 0 Å². The zero-order valence-corrected chi connectivity index (χ0v) is 11.5. The molecule has 2 N–H and O–H groups in total. The Balaban J connectivity index is 2.36. The summed E-state index contributed by atoms with van der Waals surface area (Å²) in [4.78, 5) is 30.4. The molecule has 0 aromatic carbocycles. The molecule has 0 aliphatic carbocycles. The van der Waals surface area contributed by atoms with E-state index in [4.69, 9.17) is 0 Å². The van der Waals surface area contributed by atoms with Gasteiger partial charge in [0.05, 0.1) is 10.5 Å². The number of carbonyl (C=O) groups excluding carboxylic acids is 1. The fourth-order valence-corrected chi connectivity index (χ4v) is 1.72. The molecule has 2 heterocycles. The highest BCUT2D eigenvalue weighted by Gasteiger charge is 2.18. The minimum Gasteiger partial charge on any atom is -0.372 e. The summed E-state index contributed by atoms with van der Waals surface area (Å²) >= 11 is 0. The largest absolute Gasteiger partial charge is 0.372 e. The van der Waals surface area contributed by atoms with E-state index in [1.54, 1.807) is 32.3 Å². The lowest BCUT2D eigenvalue weighted by Gasteiger charge is -2.09. The molecule has 0 bridgehead atoms. The van der Waals surface area contributed by atoms with Crippen molar-refractivity contribution in [3.8, 4) is 0 Å². The maximum atomic E-state index is 12.3. The zero-order valence-electron chi connectivity index (χ0n) is 11.5. The molecule has 0 spiro atoms. The highest BCUT2D eigenvalue weighted by molar-refractivity contribution is 6.07. The van der Waals surface area contributed by atoms with Crippen LogP contribution in [0.2, 0.25) is 0 Å². The summed E-state index contributed by atoms with van der Waals surface area (Å²) in [6, 6.07) is 4.72. The van der Waals surface area contributed by atoms with Crippen LogP contribution in [0.1, 0.15) is 15.9 Å². The average Bonchev–Trinajstić information content (AvgIpc) is 2.48. The molecule has 0 saturated carbocycles. The summed E-state index contributed by atoms with van der Waals surface area (Å²) in [7, 11) is 1.58. The zero-order chi connectivity index (χ0) is 15.4. The van der Waals surface area contributed by atoms with Crippen LogP contribution in [-0.4, -0.2) is 27.8 Å². The van der Waals surface area contributed by atoms with Crippen molar-refractivity contribution >= 4 is 23.2 Å². The number of nitro groups is 1. The molecule has 0 fully saturated rings. The number of pyridine rings is 2. The molecule has 0 saturated heterocycles. The number of nitrogens with zero attached hydrogens (tertiary/aromatic N) is 3. The minimum absolute atomic E-state index is 0.0803. The third kappa shape index (κ3) is 3.11. The van der Waals surface area contributed by atoms with Crippen molar-refractivity contribution in [3.63, 3.8) is 0 Å². The van der Waals surface area contributed by atoms with Crippen LogP contribution in [0.4, 0.5) is 17.3 Å². The molecular weight excluding hydrogens is 274 g/mol. The number of aryl methyl sites for hydroxylation is 1. The number of rotatable bonds is 4. The Labute approximate surface area is 120 Å². The van der Waals surface area contributed by atoms with Gasteiger partial charge >= 0.3 is 0 Å². The van der Waals surface area contributed by atoms with E-state index in [-0.39, 0.29) is 17.1 Å². The average molecular weight is 287 g/mol. The number of carbonyl (C=O) groups is 1. The van der Waals surface area contributed by atoms with Crippen LogP contribution in [0.5, 0.6) is 0 Å². The van der Waals surface area contributed by atoms with Gasteiger partial charge in [-0.05, 0) is 18.6 Å². The summed E-state index contributed by atoms with van der Waals surface area (Å²) in [6.45, 7) is 1.80. The first-order chi connectivity index (χ1) is 10.0. The Bertz CT molecular complexity index is 702. The molecule has 0 radical (unpaired) electrons. The van der Waals surface area contributed by atoms with Crippen molar-refractivity contribution in [2.24, 2.45) is 0 Å². The van der Waals surface area contributed by atoms with Crippen molar-refractivity contribution < 1.29 is 9.72 Å². The first kappa shape index (κ1) is 14.4. The summed E-state index contributed by atoms with van der Waals surface area (Å²) in [6.07, 6.45) is 2.64. The van der Waals surface area contributed by atoms with Gasteiger partial charge in [-0.2, -0.15) is 0 Å². The van der Waals surface area contributed by atoms with E-state index in [0.29, 0.717) is 5.82 Å². The smallest absolute Gasteiger partial charge is 0.288 e. The molecule has 8 nitrogen and oxygen atoms in total. The molecule has 2 aromatic rings. The first-order valence-electron chi connectivity index (χ1n) is 6.08. The number of hydrogen-bond acceptors (Lipinski definition) is 6. The molecule has 2 aromatic heterocycles. The van der Waals surface area contributed by atoms with Crippen LogP contribution in [0.25, 0.3) is 0 Å². The van der Waals surface area contributed by atoms with E-state index >= 15 is 0 Å². The lowest BCUT2D eigenvalue weighted by atomic mass is 10.2. The minimum atomic E-state index is -0.602. The summed E-state index contributed by atoms with van der Waals surface area (Å²) in [5, 5.41) is 16.1. The second-order valence-corrected chi connectivity index (χ2v) is 4.22. The Morgan fingerprint density at radius 1 is 1.33 bits per heavy atom. The number of nitrogens with one attached hydrogen (secondary N) is 2. The lowest BCUT2D eigenvalue weighted by Crippen LogP contribution is -2.16. The van der Waals surface area contributed by atoms with Crippen molar-refractivity contribution in [2.75, 3.05) is 17.7 Å². The number of anilines is 2. The fourth-order valence-electron chi connectivity index (χ4n) is 1.72. The second kappa shape index (κ2) is 5.95. The normalized spacial score (nSPS) is 10.0. The monoisotopic (exact) mass is 287 g/mol. The van der Waals surface area contributed by atoms with Crippen LogP contribution in [0.15, 0.2) is 30.6 Å². The van der Waals surface area contributed by atoms with Gasteiger partial charge in [0.15, 0.2) is 0 Å². The van der Waals surface area contributed by atoms with Gasteiger partial charge in [-0.3, -0.25) is 14.9 Å². The van der Waals surface area contributed by atoms with Crippen LogP contribution in [0.3, 0.4) is 0 Å². The number of aromatic nitrogens is 2. The molecule has 0 unspecified atom stereocenters. The fraction of sp³-hybridized carbons (Fsp3) is 0.154. The van der Waals surface area contributed by atoms with Gasteiger partial charge < -0.3 is 10.6 Å². The SMILES string of the molecule is CNc1ncc([N+](=O)[O-])cc1C(=O)Nc1ncccc1C. The summed E-state index contributed by atoms with van der Waals surface area (Å²) in [5.41, 5.74) is 0.615. The van der Waals surface area contributed by atoms with Crippen molar-refractivity contribution in [2.45, 2.75) is 6.92 Å². The summed E-state index contributed by atoms with van der Waals surface area (Å²) in [5.74, 6) is 0.139. The predicted octanol–water partition coefficient (Wildman–Crippen LogP) is 1.99. The van der Waals surface area contributed by atoms with Gasteiger partial charge in [0, 0.05) is 19.3 Å². The molecule has 0 atom stereocenters. The first-order valence-corrected chi connectivity index (χ1v) is 6.08. The van der Waals surface area contributed by atoms with Crippen molar-refractivity contribution in [1.82, 2.24) is 9.97 Å². The molecular formula is C13H13N5O3. The Kier molecular flexibility index (Phi) is 4.07. The third-order valence-corrected chi connectivity index (χ3v) is 2.81. The predicted molar refractivity (Wildman–Crippen MR) is 77.4 cm³/mol. The maximum Gasteiger partial charge on any atom is 0.288 e. The van der Waals surface area contributed by atoms with Crippen LogP contribution in [0, 0.1) is 17.0 Å². The van der Waals surface area contributed by atoms with Crippen molar-refractivity contribution in [3.05, 3.63) is 51.8 Å². The number of hydrogen-bond donors (Lipinski definition) is 2. The highest BCUT2D eigenvalue weighted by Crippen LogP contribution is 2.20. The van der Waals surface area contributed by atoms with E-state index in [1.807, 2.05) is 0 Å². The van der Waals surface area contributed by atoms with Gasteiger partial charge in [0.1, 0.15) is 17.8 Å². The van der Waals surface area contributed by atoms with E-state index in [2.05, 4.69) is 20.6 Å². The molecule has 108 valence electrons. The van der Waals surface area contributed by atoms with Gasteiger partial charge in [0.25, 0.3) is 11.6 Å². The van der Waals surface area contributed by atoms with E-state index in [1.165, 1.54) is 6.07 Å². The quantitative estimate of drug-likeness (QED) is 0.657. The molecule has 0 aliphatic rings. The van der Waals surface area contributed by atoms with Crippen LogP contribution < -0.4 is 10.6 Å². The topological polar surface area (TPSA) is 110 Å². The molecule has 21 heavy (non-hydrogen) atoms. The molecule has 0 aliphatic heterocycles. The Hall–Kier alpha value is -3.03. The number of amides is 1. The van der Waals surface area contributed by atoms with Gasteiger partial charge in [-0.1, -0.05) is 6.07 Å². The van der Waals surface area contributed by atoms with Gasteiger partial charge in [0.2, 0.25) is 0 Å². The van der Waals surface area contributed by atoms with E-state index in [0.717, 1.165) is 11.8 Å². The second-order valence-electron chi connectivity index (χ2n) is 4.22.